The number of hydrogen-bond donors (Lipinski definition) is 1. The van der Waals surface area contributed by atoms with Crippen molar-refractivity contribution in [3.05, 3.63) is 29.8 Å². The van der Waals surface area contributed by atoms with Gasteiger partial charge in [0.15, 0.2) is 0 Å². The Morgan fingerprint density at radius 3 is 2.56 bits per heavy atom. The summed E-state index contributed by atoms with van der Waals surface area (Å²) in [5.41, 5.74) is 7.88. The minimum atomic E-state index is 0.0735. The first kappa shape index (κ1) is 14.7. The first-order valence-corrected chi connectivity index (χ1v) is 6.54. The van der Waals surface area contributed by atoms with Gasteiger partial charge in [-0.2, -0.15) is 0 Å². The number of hydrogen-bond acceptors (Lipinski definition) is 2. The van der Waals surface area contributed by atoms with E-state index in [0.29, 0.717) is 12.3 Å². The fraction of sp³-hybridized carbons (Fsp3) is 0.533. The van der Waals surface area contributed by atoms with Crippen LogP contribution in [0.1, 0.15) is 45.1 Å². The Bertz CT molecular complexity index is 399. The van der Waals surface area contributed by atoms with Gasteiger partial charge in [0.2, 0.25) is 5.91 Å². The van der Waals surface area contributed by atoms with Gasteiger partial charge in [-0.25, -0.2) is 0 Å². The van der Waals surface area contributed by atoms with Crippen molar-refractivity contribution in [3.63, 3.8) is 0 Å². The molecule has 1 amide bonds. The first-order chi connectivity index (χ1) is 8.41. The van der Waals surface area contributed by atoms with Gasteiger partial charge in [0.1, 0.15) is 0 Å². The smallest absolute Gasteiger partial charge is 0.226 e. The van der Waals surface area contributed by atoms with Gasteiger partial charge < -0.3 is 10.6 Å². The highest BCUT2D eigenvalue weighted by Gasteiger charge is 2.12. The Morgan fingerprint density at radius 2 is 2.00 bits per heavy atom. The van der Waals surface area contributed by atoms with E-state index in [-0.39, 0.29) is 11.9 Å². The van der Waals surface area contributed by atoms with Crippen LogP contribution in [0.5, 0.6) is 0 Å². The molecule has 1 rings (SSSR count). The van der Waals surface area contributed by atoms with Crippen LogP contribution in [0.15, 0.2) is 24.3 Å². The zero-order valence-corrected chi connectivity index (χ0v) is 11.8. The van der Waals surface area contributed by atoms with E-state index < -0.39 is 0 Å². The molecule has 0 spiro atoms. The van der Waals surface area contributed by atoms with E-state index in [0.717, 1.165) is 12.1 Å². The summed E-state index contributed by atoms with van der Waals surface area (Å²) >= 11 is 0. The molecular formula is C15H24N2O. The lowest BCUT2D eigenvalue weighted by molar-refractivity contribution is -0.118. The summed E-state index contributed by atoms with van der Waals surface area (Å²) in [7, 11) is 1.82. The summed E-state index contributed by atoms with van der Waals surface area (Å²) in [6, 6.07) is 8.21. The van der Waals surface area contributed by atoms with Gasteiger partial charge >= 0.3 is 0 Å². The molecule has 1 aromatic rings. The molecule has 0 aliphatic rings. The topological polar surface area (TPSA) is 46.3 Å². The van der Waals surface area contributed by atoms with Crippen molar-refractivity contribution < 1.29 is 4.79 Å². The van der Waals surface area contributed by atoms with E-state index >= 15 is 0 Å². The maximum absolute atomic E-state index is 12.0. The molecule has 0 bridgehead atoms. The van der Waals surface area contributed by atoms with E-state index in [9.17, 15) is 4.79 Å². The van der Waals surface area contributed by atoms with Gasteiger partial charge in [-0.15, -0.1) is 0 Å². The molecule has 1 unspecified atom stereocenters. The third kappa shape index (κ3) is 4.15. The Hall–Kier alpha value is -1.35. The molecule has 0 saturated heterocycles. The third-order valence-corrected chi connectivity index (χ3v) is 3.11. The highest BCUT2D eigenvalue weighted by atomic mass is 16.2. The maximum Gasteiger partial charge on any atom is 0.226 e. The molecule has 100 valence electrons. The second-order valence-electron chi connectivity index (χ2n) is 5.22. The zero-order valence-electron chi connectivity index (χ0n) is 11.8. The molecule has 1 atom stereocenters. The summed E-state index contributed by atoms with van der Waals surface area (Å²) in [6.45, 7) is 6.22. The summed E-state index contributed by atoms with van der Waals surface area (Å²) in [4.78, 5) is 13.7. The minimum Gasteiger partial charge on any atom is -0.328 e. The van der Waals surface area contributed by atoms with Gasteiger partial charge in [-0.1, -0.05) is 26.0 Å². The predicted octanol–water partition coefficient (Wildman–Crippen LogP) is 2.90. The SMILES string of the molecule is CC(N)CCC(=O)N(C)c1cccc(C(C)C)c1. The molecule has 18 heavy (non-hydrogen) atoms. The van der Waals surface area contributed by atoms with Crippen LogP contribution in [0.2, 0.25) is 0 Å². The van der Waals surface area contributed by atoms with Gasteiger partial charge in [0, 0.05) is 25.2 Å². The van der Waals surface area contributed by atoms with Crippen molar-refractivity contribution >= 4 is 11.6 Å². The highest BCUT2D eigenvalue weighted by molar-refractivity contribution is 5.92. The molecule has 0 aliphatic heterocycles. The number of nitrogens with two attached hydrogens (primary N) is 1. The van der Waals surface area contributed by atoms with Gasteiger partial charge in [-0.3, -0.25) is 4.79 Å². The summed E-state index contributed by atoms with van der Waals surface area (Å²) in [6.07, 6.45) is 1.23. The van der Waals surface area contributed by atoms with Gasteiger partial charge in [0.25, 0.3) is 0 Å². The van der Waals surface area contributed by atoms with Crippen LogP contribution < -0.4 is 10.6 Å². The molecule has 0 saturated carbocycles. The number of rotatable bonds is 5. The molecule has 3 nitrogen and oxygen atoms in total. The molecule has 0 aromatic heterocycles. The Labute approximate surface area is 110 Å². The van der Waals surface area contributed by atoms with Gasteiger partial charge in [0.05, 0.1) is 0 Å². The molecular weight excluding hydrogens is 224 g/mol. The number of amides is 1. The lowest BCUT2D eigenvalue weighted by Gasteiger charge is -2.19. The van der Waals surface area contributed by atoms with E-state index in [1.807, 2.05) is 26.1 Å². The normalized spacial score (nSPS) is 12.6. The molecule has 3 heteroatoms. The quantitative estimate of drug-likeness (QED) is 0.871. The van der Waals surface area contributed by atoms with Crippen molar-refractivity contribution in [1.82, 2.24) is 0 Å². The Balaban J connectivity index is 2.74. The number of anilines is 1. The van der Waals surface area contributed by atoms with Gasteiger partial charge in [-0.05, 0) is 37.0 Å². The standard InChI is InChI=1S/C15H24N2O/c1-11(2)13-6-5-7-14(10-13)17(4)15(18)9-8-12(3)16/h5-7,10-12H,8-9,16H2,1-4H3. The van der Waals surface area contributed by atoms with Crippen LogP contribution >= 0.6 is 0 Å². The van der Waals surface area contributed by atoms with Crippen LogP contribution in [0, 0.1) is 0 Å². The third-order valence-electron chi connectivity index (χ3n) is 3.11. The van der Waals surface area contributed by atoms with E-state index in [1.54, 1.807) is 4.90 Å². The largest absolute Gasteiger partial charge is 0.328 e. The molecule has 0 aliphatic carbocycles. The molecule has 1 aromatic carbocycles. The molecule has 0 fully saturated rings. The van der Waals surface area contributed by atoms with E-state index in [2.05, 4.69) is 26.0 Å². The molecule has 2 N–H and O–H groups in total. The Kier molecular flexibility index (Phi) is 5.35. The lowest BCUT2D eigenvalue weighted by Crippen LogP contribution is -2.28. The molecule has 0 heterocycles. The van der Waals surface area contributed by atoms with Crippen LogP contribution in [0.25, 0.3) is 0 Å². The van der Waals surface area contributed by atoms with Crippen molar-refractivity contribution in [2.45, 2.75) is 45.6 Å². The van der Waals surface area contributed by atoms with Crippen molar-refractivity contribution in [2.24, 2.45) is 5.73 Å². The highest BCUT2D eigenvalue weighted by Crippen LogP contribution is 2.21. The van der Waals surface area contributed by atoms with E-state index in [1.165, 1.54) is 5.56 Å². The second-order valence-corrected chi connectivity index (χ2v) is 5.22. The average molecular weight is 248 g/mol. The summed E-state index contributed by atoms with van der Waals surface area (Å²) < 4.78 is 0. The lowest BCUT2D eigenvalue weighted by atomic mass is 10.0. The Morgan fingerprint density at radius 1 is 1.33 bits per heavy atom. The predicted molar refractivity (Wildman–Crippen MR) is 76.8 cm³/mol. The monoisotopic (exact) mass is 248 g/mol. The number of nitrogens with zero attached hydrogens (tertiary/aromatic N) is 1. The van der Waals surface area contributed by atoms with Crippen molar-refractivity contribution in [3.8, 4) is 0 Å². The minimum absolute atomic E-state index is 0.0735. The van der Waals surface area contributed by atoms with Crippen LogP contribution in [-0.2, 0) is 4.79 Å². The second kappa shape index (κ2) is 6.55. The van der Waals surface area contributed by atoms with Crippen LogP contribution in [-0.4, -0.2) is 19.0 Å². The number of benzene rings is 1. The maximum atomic E-state index is 12.0. The summed E-state index contributed by atoms with van der Waals surface area (Å²) in [5, 5.41) is 0. The fourth-order valence-corrected chi connectivity index (χ4v) is 1.76. The summed E-state index contributed by atoms with van der Waals surface area (Å²) in [5.74, 6) is 0.589. The van der Waals surface area contributed by atoms with Crippen molar-refractivity contribution in [2.75, 3.05) is 11.9 Å². The number of carbonyl (C=O) groups is 1. The van der Waals surface area contributed by atoms with E-state index in [4.69, 9.17) is 5.73 Å². The first-order valence-electron chi connectivity index (χ1n) is 6.54. The molecule has 0 radical (unpaired) electrons. The zero-order chi connectivity index (χ0) is 13.7. The number of carbonyl (C=O) groups excluding carboxylic acids is 1. The fourth-order valence-electron chi connectivity index (χ4n) is 1.76. The van der Waals surface area contributed by atoms with Crippen molar-refractivity contribution in [1.29, 1.82) is 0 Å². The average Bonchev–Trinajstić information content (AvgIpc) is 2.35. The van der Waals surface area contributed by atoms with Crippen LogP contribution in [0.3, 0.4) is 0 Å². The van der Waals surface area contributed by atoms with Crippen LogP contribution in [0.4, 0.5) is 5.69 Å².